The molecule has 2 fully saturated rings. The SMILES string of the molecule is Nc1cc(F)ccc1N1CC2CCCC2C1. The van der Waals surface area contributed by atoms with E-state index in [1.807, 2.05) is 6.07 Å². The lowest BCUT2D eigenvalue weighted by Crippen LogP contribution is -2.21. The number of fused-ring (bicyclic) bond motifs is 1. The Balaban J connectivity index is 1.83. The number of halogens is 1. The highest BCUT2D eigenvalue weighted by Crippen LogP contribution is 2.40. The fraction of sp³-hybridized carbons (Fsp3) is 0.538. The van der Waals surface area contributed by atoms with Gasteiger partial charge in [-0.15, -0.1) is 0 Å². The average Bonchev–Trinajstić information content (AvgIpc) is 2.76. The molecule has 1 heterocycles. The Morgan fingerprint density at radius 1 is 1.19 bits per heavy atom. The second-order valence-electron chi connectivity index (χ2n) is 5.06. The molecule has 1 aliphatic heterocycles. The first-order valence-electron chi connectivity index (χ1n) is 6.04. The summed E-state index contributed by atoms with van der Waals surface area (Å²) in [5.41, 5.74) is 7.45. The molecular formula is C13H17FN2. The van der Waals surface area contributed by atoms with Crippen molar-refractivity contribution in [2.75, 3.05) is 23.7 Å². The molecule has 1 saturated heterocycles. The lowest BCUT2D eigenvalue weighted by molar-refractivity contribution is 0.494. The zero-order valence-corrected chi connectivity index (χ0v) is 9.32. The number of hydrogen-bond donors (Lipinski definition) is 1. The minimum absolute atomic E-state index is 0.249. The molecule has 0 radical (unpaired) electrons. The summed E-state index contributed by atoms with van der Waals surface area (Å²) in [6.45, 7) is 2.20. The Morgan fingerprint density at radius 2 is 1.88 bits per heavy atom. The largest absolute Gasteiger partial charge is 0.397 e. The second kappa shape index (κ2) is 3.65. The molecule has 0 spiro atoms. The summed E-state index contributed by atoms with van der Waals surface area (Å²) in [6.07, 6.45) is 4.08. The van der Waals surface area contributed by atoms with Crippen molar-refractivity contribution < 1.29 is 4.39 Å². The van der Waals surface area contributed by atoms with Crippen LogP contribution < -0.4 is 10.6 Å². The zero-order chi connectivity index (χ0) is 11.1. The summed E-state index contributed by atoms with van der Waals surface area (Å²) < 4.78 is 13.0. The normalized spacial score (nSPS) is 28.4. The van der Waals surface area contributed by atoms with Gasteiger partial charge in [0.1, 0.15) is 5.82 Å². The van der Waals surface area contributed by atoms with E-state index in [0.717, 1.165) is 30.6 Å². The van der Waals surface area contributed by atoms with Crippen molar-refractivity contribution in [1.82, 2.24) is 0 Å². The molecule has 1 aromatic carbocycles. The van der Waals surface area contributed by atoms with E-state index >= 15 is 0 Å². The van der Waals surface area contributed by atoms with Crippen molar-refractivity contribution in [1.29, 1.82) is 0 Å². The standard InChI is InChI=1S/C13H17FN2/c14-11-4-5-13(12(15)6-11)16-7-9-2-1-3-10(9)8-16/h4-6,9-10H,1-3,7-8,15H2. The fourth-order valence-corrected chi connectivity index (χ4v) is 3.25. The molecule has 0 amide bonds. The third kappa shape index (κ3) is 1.55. The Bertz CT molecular complexity index is 393. The zero-order valence-electron chi connectivity index (χ0n) is 9.32. The lowest BCUT2D eigenvalue weighted by atomic mass is 10.0. The van der Waals surface area contributed by atoms with Gasteiger partial charge in [0, 0.05) is 13.1 Å². The first kappa shape index (κ1) is 9.94. The van der Waals surface area contributed by atoms with Gasteiger partial charge in [-0.05, 0) is 42.9 Å². The summed E-state index contributed by atoms with van der Waals surface area (Å²) in [4.78, 5) is 2.32. The summed E-state index contributed by atoms with van der Waals surface area (Å²) in [5.74, 6) is 1.43. The van der Waals surface area contributed by atoms with Gasteiger partial charge < -0.3 is 10.6 Å². The van der Waals surface area contributed by atoms with Crippen LogP contribution in [0.2, 0.25) is 0 Å². The summed E-state index contributed by atoms with van der Waals surface area (Å²) in [7, 11) is 0. The topological polar surface area (TPSA) is 29.3 Å². The second-order valence-corrected chi connectivity index (χ2v) is 5.06. The highest BCUT2D eigenvalue weighted by Gasteiger charge is 2.36. The molecule has 16 heavy (non-hydrogen) atoms. The Hall–Kier alpha value is -1.25. The summed E-state index contributed by atoms with van der Waals surface area (Å²) in [5, 5.41) is 0. The smallest absolute Gasteiger partial charge is 0.125 e. The van der Waals surface area contributed by atoms with E-state index in [1.54, 1.807) is 0 Å². The number of anilines is 2. The van der Waals surface area contributed by atoms with Gasteiger partial charge in [-0.25, -0.2) is 4.39 Å². The van der Waals surface area contributed by atoms with Crippen molar-refractivity contribution in [2.24, 2.45) is 11.8 Å². The average molecular weight is 220 g/mol. The number of benzene rings is 1. The van der Waals surface area contributed by atoms with Gasteiger partial charge in [-0.1, -0.05) is 6.42 Å². The number of nitrogen functional groups attached to an aromatic ring is 1. The van der Waals surface area contributed by atoms with Crippen molar-refractivity contribution >= 4 is 11.4 Å². The molecule has 1 aliphatic carbocycles. The van der Waals surface area contributed by atoms with Crippen molar-refractivity contribution in [3.05, 3.63) is 24.0 Å². The highest BCUT2D eigenvalue weighted by atomic mass is 19.1. The molecule has 2 N–H and O–H groups in total. The van der Waals surface area contributed by atoms with Gasteiger partial charge in [-0.3, -0.25) is 0 Å². The van der Waals surface area contributed by atoms with Crippen LogP contribution in [0.1, 0.15) is 19.3 Å². The van der Waals surface area contributed by atoms with Crippen LogP contribution in [0.15, 0.2) is 18.2 Å². The molecule has 2 unspecified atom stereocenters. The molecule has 0 bridgehead atoms. The van der Waals surface area contributed by atoms with Crippen LogP contribution in [-0.2, 0) is 0 Å². The molecule has 2 atom stereocenters. The third-order valence-corrected chi connectivity index (χ3v) is 4.06. The summed E-state index contributed by atoms with van der Waals surface area (Å²) in [6, 6.07) is 4.73. The first-order valence-corrected chi connectivity index (χ1v) is 6.04. The third-order valence-electron chi connectivity index (χ3n) is 4.06. The Morgan fingerprint density at radius 3 is 2.50 bits per heavy atom. The van der Waals surface area contributed by atoms with Gasteiger partial charge in [0.2, 0.25) is 0 Å². The maximum absolute atomic E-state index is 13.0. The minimum Gasteiger partial charge on any atom is -0.397 e. The molecule has 3 rings (SSSR count). The molecule has 2 nitrogen and oxygen atoms in total. The molecule has 3 heteroatoms. The Labute approximate surface area is 95.2 Å². The van der Waals surface area contributed by atoms with Gasteiger partial charge in [-0.2, -0.15) is 0 Å². The molecule has 0 aromatic heterocycles. The monoisotopic (exact) mass is 220 g/mol. The van der Waals surface area contributed by atoms with Gasteiger partial charge in [0.25, 0.3) is 0 Å². The lowest BCUT2D eigenvalue weighted by Gasteiger charge is -2.21. The molecule has 2 aliphatic rings. The van der Waals surface area contributed by atoms with E-state index in [2.05, 4.69) is 4.90 Å². The van der Waals surface area contributed by atoms with E-state index < -0.39 is 0 Å². The predicted octanol–water partition coefficient (Wildman–Crippen LogP) is 2.64. The van der Waals surface area contributed by atoms with E-state index in [9.17, 15) is 4.39 Å². The quantitative estimate of drug-likeness (QED) is 0.737. The van der Waals surface area contributed by atoms with Crippen LogP contribution in [-0.4, -0.2) is 13.1 Å². The van der Waals surface area contributed by atoms with Gasteiger partial charge in [0.05, 0.1) is 11.4 Å². The van der Waals surface area contributed by atoms with Crippen LogP contribution >= 0.6 is 0 Å². The number of nitrogens with zero attached hydrogens (tertiary/aromatic N) is 1. The number of rotatable bonds is 1. The van der Waals surface area contributed by atoms with Gasteiger partial charge in [0.15, 0.2) is 0 Å². The van der Waals surface area contributed by atoms with Crippen molar-refractivity contribution in [3.63, 3.8) is 0 Å². The molecule has 1 saturated carbocycles. The van der Waals surface area contributed by atoms with Crippen molar-refractivity contribution in [2.45, 2.75) is 19.3 Å². The van der Waals surface area contributed by atoms with Crippen LogP contribution in [0.4, 0.5) is 15.8 Å². The minimum atomic E-state index is -0.249. The van der Waals surface area contributed by atoms with Crippen LogP contribution in [0.5, 0.6) is 0 Å². The number of hydrogen-bond acceptors (Lipinski definition) is 2. The van der Waals surface area contributed by atoms with Crippen LogP contribution in [0.25, 0.3) is 0 Å². The predicted molar refractivity (Wildman–Crippen MR) is 63.9 cm³/mol. The fourth-order valence-electron chi connectivity index (χ4n) is 3.25. The Kier molecular flexibility index (Phi) is 2.27. The first-order chi connectivity index (χ1) is 7.74. The maximum Gasteiger partial charge on any atom is 0.125 e. The summed E-state index contributed by atoms with van der Waals surface area (Å²) >= 11 is 0. The van der Waals surface area contributed by atoms with Gasteiger partial charge >= 0.3 is 0 Å². The van der Waals surface area contributed by atoms with Crippen molar-refractivity contribution in [3.8, 4) is 0 Å². The van der Waals surface area contributed by atoms with E-state index in [1.165, 1.54) is 31.4 Å². The molecule has 1 aromatic rings. The highest BCUT2D eigenvalue weighted by molar-refractivity contribution is 5.68. The van der Waals surface area contributed by atoms with E-state index in [-0.39, 0.29) is 5.82 Å². The van der Waals surface area contributed by atoms with E-state index in [4.69, 9.17) is 5.73 Å². The molecular weight excluding hydrogens is 203 g/mol. The van der Waals surface area contributed by atoms with E-state index in [0.29, 0.717) is 5.69 Å². The maximum atomic E-state index is 13.0. The number of nitrogens with two attached hydrogens (primary N) is 1. The van der Waals surface area contributed by atoms with Crippen LogP contribution in [0.3, 0.4) is 0 Å². The van der Waals surface area contributed by atoms with Crippen LogP contribution in [0, 0.1) is 17.7 Å². The molecule has 86 valence electrons.